The highest BCUT2D eigenvalue weighted by molar-refractivity contribution is 5.61. The number of rotatable bonds is 7. The second-order valence-electron chi connectivity index (χ2n) is 6.45. The van der Waals surface area contributed by atoms with Crippen molar-refractivity contribution < 1.29 is 18.9 Å². The molecule has 3 aromatic rings. The summed E-state index contributed by atoms with van der Waals surface area (Å²) in [5, 5.41) is 6.54. The molecule has 0 spiro atoms. The molecule has 1 aromatic heterocycles. The van der Waals surface area contributed by atoms with Gasteiger partial charge in [-0.15, -0.1) is 0 Å². The molecule has 2 N–H and O–H groups in total. The zero-order valence-electron chi connectivity index (χ0n) is 16.5. The first kappa shape index (κ1) is 18.7. The zero-order valence-corrected chi connectivity index (χ0v) is 16.5. The van der Waals surface area contributed by atoms with Crippen molar-refractivity contribution >= 4 is 17.5 Å². The fourth-order valence-electron chi connectivity index (χ4n) is 3.00. The van der Waals surface area contributed by atoms with Gasteiger partial charge in [0, 0.05) is 30.1 Å². The molecule has 0 atom stereocenters. The van der Waals surface area contributed by atoms with E-state index in [-0.39, 0.29) is 6.79 Å². The molecule has 29 heavy (non-hydrogen) atoms. The van der Waals surface area contributed by atoms with Crippen LogP contribution in [-0.4, -0.2) is 31.0 Å². The van der Waals surface area contributed by atoms with E-state index >= 15 is 0 Å². The number of hydrogen-bond donors (Lipinski definition) is 2. The normalized spacial score (nSPS) is 11.8. The maximum Gasteiger partial charge on any atom is 0.231 e. The van der Waals surface area contributed by atoms with Crippen LogP contribution in [0.15, 0.2) is 42.5 Å². The van der Waals surface area contributed by atoms with E-state index in [0.29, 0.717) is 29.7 Å². The summed E-state index contributed by atoms with van der Waals surface area (Å²) < 4.78 is 21.4. The second-order valence-corrected chi connectivity index (χ2v) is 6.45. The molecule has 8 heteroatoms. The number of aryl methyl sites for hydroxylation is 1. The Hall–Kier alpha value is -3.68. The lowest BCUT2D eigenvalue weighted by atomic mass is 10.2. The van der Waals surface area contributed by atoms with Crippen LogP contribution in [0.3, 0.4) is 0 Å². The quantitative estimate of drug-likeness (QED) is 0.624. The number of nitrogens with one attached hydrogen (secondary N) is 2. The Morgan fingerprint density at radius 3 is 2.59 bits per heavy atom. The van der Waals surface area contributed by atoms with Gasteiger partial charge in [0.1, 0.15) is 5.82 Å². The maximum absolute atomic E-state index is 5.41. The van der Waals surface area contributed by atoms with Gasteiger partial charge < -0.3 is 29.6 Å². The van der Waals surface area contributed by atoms with Crippen molar-refractivity contribution in [1.29, 1.82) is 0 Å². The van der Waals surface area contributed by atoms with Gasteiger partial charge >= 0.3 is 0 Å². The summed E-state index contributed by atoms with van der Waals surface area (Å²) in [6, 6.07) is 13.3. The number of ether oxygens (including phenoxy) is 4. The van der Waals surface area contributed by atoms with Crippen molar-refractivity contribution in [2.24, 2.45) is 0 Å². The van der Waals surface area contributed by atoms with E-state index in [1.807, 2.05) is 49.4 Å². The number of aromatic nitrogens is 2. The molecule has 0 saturated carbocycles. The molecular formula is C21H22N4O4. The summed E-state index contributed by atoms with van der Waals surface area (Å²) in [7, 11) is 3.24. The molecule has 0 amide bonds. The molecule has 1 aliphatic heterocycles. The molecule has 0 unspecified atom stereocenters. The van der Waals surface area contributed by atoms with Crippen molar-refractivity contribution in [1.82, 2.24) is 9.97 Å². The van der Waals surface area contributed by atoms with Gasteiger partial charge in [-0.05, 0) is 36.8 Å². The predicted molar refractivity (Wildman–Crippen MR) is 109 cm³/mol. The molecule has 0 bridgehead atoms. The van der Waals surface area contributed by atoms with Crippen LogP contribution in [0, 0.1) is 6.92 Å². The van der Waals surface area contributed by atoms with E-state index in [1.54, 1.807) is 14.2 Å². The van der Waals surface area contributed by atoms with Crippen LogP contribution in [0.5, 0.6) is 23.0 Å². The van der Waals surface area contributed by atoms with Crippen molar-refractivity contribution in [2.75, 3.05) is 31.6 Å². The monoisotopic (exact) mass is 394 g/mol. The van der Waals surface area contributed by atoms with E-state index in [1.165, 1.54) is 0 Å². The number of nitrogens with zero attached hydrogens (tertiary/aromatic N) is 2. The molecule has 150 valence electrons. The average Bonchev–Trinajstić information content (AvgIpc) is 3.19. The SMILES string of the molecule is COc1ccc(CNc2cc(C)nc(Nc3ccc4c(c3)OCO4)n2)cc1OC. The van der Waals surface area contributed by atoms with Crippen LogP contribution in [0.2, 0.25) is 0 Å². The van der Waals surface area contributed by atoms with Crippen LogP contribution in [0.1, 0.15) is 11.3 Å². The van der Waals surface area contributed by atoms with Crippen molar-refractivity contribution in [2.45, 2.75) is 13.5 Å². The average molecular weight is 394 g/mol. The Kier molecular flexibility index (Phi) is 5.24. The van der Waals surface area contributed by atoms with Gasteiger partial charge in [-0.3, -0.25) is 0 Å². The fraction of sp³-hybridized carbons (Fsp3) is 0.238. The highest BCUT2D eigenvalue weighted by Crippen LogP contribution is 2.35. The Morgan fingerprint density at radius 1 is 0.931 bits per heavy atom. The highest BCUT2D eigenvalue weighted by atomic mass is 16.7. The number of hydrogen-bond acceptors (Lipinski definition) is 8. The molecule has 4 rings (SSSR count). The Morgan fingerprint density at radius 2 is 1.76 bits per heavy atom. The standard InChI is InChI=1S/C21H22N4O4/c1-13-8-20(22-11-14-4-6-16(26-2)18(9-14)27-3)25-21(23-13)24-15-5-7-17-19(10-15)29-12-28-17/h4-10H,11-12H2,1-3H3,(H2,22,23,24,25). The van der Waals surface area contributed by atoms with E-state index in [0.717, 1.165) is 28.5 Å². The lowest BCUT2D eigenvalue weighted by molar-refractivity contribution is 0.174. The van der Waals surface area contributed by atoms with Gasteiger partial charge in [-0.25, -0.2) is 4.98 Å². The largest absolute Gasteiger partial charge is 0.493 e. The van der Waals surface area contributed by atoms with E-state index < -0.39 is 0 Å². The maximum atomic E-state index is 5.41. The fourth-order valence-corrected chi connectivity index (χ4v) is 3.00. The third-order valence-corrected chi connectivity index (χ3v) is 4.40. The minimum absolute atomic E-state index is 0.240. The Labute approximate surface area is 168 Å². The molecule has 2 aromatic carbocycles. The van der Waals surface area contributed by atoms with Crippen LogP contribution >= 0.6 is 0 Å². The molecule has 1 aliphatic rings. The molecule has 0 radical (unpaired) electrons. The van der Waals surface area contributed by atoms with Crippen LogP contribution < -0.4 is 29.6 Å². The lowest BCUT2D eigenvalue weighted by Crippen LogP contribution is -2.06. The second kappa shape index (κ2) is 8.14. The minimum Gasteiger partial charge on any atom is -0.493 e. The van der Waals surface area contributed by atoms with Crippen LogP contribution in [0.25, 0.3) is 0 Å². The summed E-state index contributed by atoms with van der Waals surface area (Å²) in [6.45, 7) is 2.75. The first-order valence-electron chi connectivity index (χ1n) is 9.12. The first-order chi connectivity index (χ1) is 14.1. The van der Waals surface area contributed by atoms with Gasteiger partial charge in [0.15, 0.2) is 23.0 Å². The predicted octanol–water partition coefficient (Wildman–Crippen LogP) is 3.89. The van der Waals surface area contributed by atoms with E-state index in [9.17, 15) is 0 Å². The van der Waals surface area contributed by atoms with Crippen LogP contribution in [0.4, 0.5) is 17.5 Å². The van der Waals surface area contributed by atoms with Gasteiger partial charge in [0.25, 0.3) is 0 Å². The molecular weight excluding hydrogens is 372 g/mol. The molecule has 8 nitrogen and oxygen atoms in total. The van der Waals surface area contributed by atoms with Crippen molar-refractivity contribution in [3.63, 3.8) is 0 Å². The van der Waals surface area contributed by atoms with Gasteiger partial charge in [-0.1, -0.05) is 6.07 Å². The number of methoxy groups -OCH3 is 2. The molecule has 0 fully saturated rings. The van der Waals surface area contributed by atoms with Crippen molar-refractivity contribution in [3.8, 4) is 23.0 Å². The minimum atomic E-state index is 0.240. The Balaban J connectivity index is 1.47. The zero-order chi connectivity index (χ0) is 20.2. The summed E-state index contributed by atoms with van der Waals surface area (Å²) >= 11 is 0. The summed E-state index contributed by atoms with van der Waals surface area (Å²) in [6.07, 6.45) is 0. The third-order valence-electron chi connectivity index (χ3n) is 4.40. The van der Waals surface area contributed by atoms with Crippen LogP contribution in [-0.2, 0) is 6.54 Å². The summed E-state index contributed by atoms with van der Waals surface area (Å²) in [5.41, 5.74) is 2.72. The van der Waals surface area contributed by atoms with Gasteiger partial charge in [0.2, 0.25) is 12.7 Å². The van der Waals surface area contributed by atoms with Gasteiger partial charge in [0.05, 0.1) is 14.2 Å². The number of anilines is 3. The smallest absolute Gasteiger partial charge is 0.231 e. The lowest BCUT2D eigenvalue weighted by Gasteiger charge is -2.12. The van der Waals surface area contributed by atoms with Gasteiger partial charge in [-0.2, -0.15) is 4.98 Å². The number of benzene rings is 2. The number of fused-ring (bicyclic) bond motifs is 1. The Bertz CT molecular complexity index is 1030. The molecule has 0 saturated heterocycles. The molecule has 2 heterocycles. The van der Waals surface area contributed by atoms with E-state index in [2.05, 4.69) is 20.6 Å². The first-order valence-corrected chi connectivity index (χ1v) is 9.12. The topological polar surface area (TPSA) is 86.8 Å². The summed E-state index contributed by atoms with van der Waals surface area (Å²) in [4.78, 5) is 9.01. The third kappa shape index (κ3) is 4.26. The highest BCUT2D eigenvalue weighted by Gasteiger charge is 2.14. The summed E-state index contributed by atoms with van der Waals surface area (Å²) in [5.74, 6) is 4.04. The van der Waals surface area contributed by atoms with E-state index in [4.69, 9.17) is 18.9 Å². The van der Waals surface area contributed by atoms with Crippen molar-refractivity contribution in [3.05, 3.63) is 53.7 Å². The molecule has 0 aliphatic carbocycles.